The maximum Gasteiger partial charge on any atom is 0.416 e. The average Bonchev–Trinajstić information content (AvgIpc) is 2.72. The Hall–Kier alpha value is -3.51. The number of alkyl halides is 3. The molecule has 0 fully saturated rings. The van der Waals surface area contributed by atoms with E-state index in [-0.39, 0.29) is 10.8 Å². The van der Waals surface area contributed by atoms with Gasteiger partial charge in [-0.2, -0.15) is 17.9 Å². The van der Waals surface area contributed by atoms with Crippen molar-refractivity contribution in [2.45, 2.75) is 11.1 Å². The number of carboxylic acids is 1. The number of aromatic nitrogens is 2. The average molecular weight is 452 g/mol. The fourth-order valence-electron chi connectivity index (χ4n) is 2.50. The van der Waals surface area contributed by atoms with Gasteiger partial charge in [-0.05, 0) is 42.5 Å². The highest BCUT2D eigenvalue weighted by Gasteiger charge is 2.30. The molecule has 0 bridgehead atoms. The molecule has 1 heterocycles. The maximum absolute atomic E-state index is 12.7. The van der Waals surface area contributed by atoms with Gasteiger partial charge in [-0.25, -0.2) is 18.4 Å². The summed E-state index contributed by atoms with van der Waals surface area (Å²) >= 11 is 0. The summed E-state index contributed by atoms with van der Waals surface area (Å²) in [5, 5.41) is 11.5. The first-order valence-electron chi connectivity index (χ1n) is 8.64. The predicted molar refractivity (Wildman–Crippen MR) is 105 cm³/mol. The number of nitrogens with zero attached hydrogens (tertiary/aromatic N) is 2. The van der Waals surface area contributed by atoms with Crippen LogP contribution in [0, 0.1) is 0 Å². The first-order chi connectivity index (χ1) is 14.5. The molecule has 3 aromatic rings. The Morgan fingerprint density at radius 3 is 2.23 bits per heavy atom. The van der Waals surface area contributed by atoms with E-state index in [1.165, 1.54) is 48.7 Å². The molecule has 0 aliphatic carbocycles. The van der Waals surface area contributed by atoms with E-state index in [0.717, 1.165) is 12.1 Å². The monoisotopic (exact) mass is 452 g/mol. The molecule has 0 radical (unpaired) electrons. The van der Waals surface area contributed by atoms with Gasteiger partial charge in [0.15, 0.2) is 0 Å². The van der Waals surface area contributed by atoms with Gasteiger partial charge in [0.05, 0.1) is 16.2 Å². The number of rotatable bonds is 7. The quantitative estimate of drug-likeness (QED) is 0.503. The highest BCUT2D eigenvalue weighted by atomic mass is 32.2. The first-order valence-corrected chi connectivity index (χ1v) is 10.1. The number of carboxylic acid groups (broad SMARTS) is 1. The van der Waals surface area contributed by atoms with Gasteiger partial charge in [0.25, 0.3) is 0 Å². The molecule has 3 N–H and O–H groups in total. The standard InChI is InChI=1S/C19H15F3N4O4S/c20-19(21,22)13-3-1-12(2-4-13)16-9-10-23-18(26-16)25-14-5-7-15(8-6-14)31(29,30)24-11-17(27)28/h1-10,24H,11H2,(H,27,28)(H,23,25,26). The number of hydrogen-bond acceptors (Lipinski definition) is 6. The Labute approximate surface area is 174 Å². The van der Waals surface area contributed by atoms with Crippen molar-refractivity contribution < 1.29 is 31.5 Å². The molecule has 1 aromatic heterocycles. The second-order valence-electron chi connectivity index (χ2n) is 6.21. The third kappa shape index (κ3) is 5.77. The summed E-state index contributed by atoms with van der Waals surface area (Å²) in [5.41, 5.74) is 0.533. The van der Waals surface area contributed by atoms with Gasteiger partial charge in [-0.1, -0.05) is 12.1 Å². The fourth-order valence-corrected chi connectivity index (χ4v) is 3.47. The lowest BCUT2D eigenvalue weighted by Crippen LogP contribution is -2.29. The highest BCUT2D eigenvalue weighted by molar-refractivity contribution is 7.89. The molecular weight excluding hydrogens is 437 g/mol. The van der Waals surface area contributed by atoms with Crippen molar-refractivity contribution in [3.8, 4) is 11.3 Å². The number of hydrogen-bond donors (Lipinski definition) is 3. The van der Waals surface area contributed by atoms with Crippen LogP contribution in [0.15, 0.2) is 65.7 Å². The minimum Gasteiger partial charge on any atom is -0.480 e. The van der Waals surface area contributed by atoms with E-state index in [1.807, 2.05) is 4.72 Å². The molecule has 0 spiro atoms. The minimum absolute atomic E-state index is 0.126. The molecular formula is C19H15F3N4O4S. The second-order valence-corrected chi connectivity index (χ2v) is 7.98. The Morgan fingerprint density at radius 2 is 1.65 bits per heavy atom. The van der Waals surface area contributed by atoms with E-state index in [9.17, 15) is 26.4 Å². The lowest BCUT2D eigenvalue weighted by atomic mass is 10.1. The van der Waals surface area contributed by atoms with Crippen LogP contribution in [0.25, 0.3) is 11.3 Å². The number of sulfonamides is 1. The van der Waals surface area contributed by atoms with Gasteiger partial charge in [-0.15, -0.1) is 0 Å². The van der Waals surface area contributed by atoms with Crippen LogP contribution in [0.3, 0.4) is 0 Å². The third-order valence-electron chi connectivity index (χ3n) is 4.00. The molecule has 0 amide bonds. The van der Waals surface area contributed by atoms with Gasteiger partial charge >= 0.3 is 12.1 Å². The van der Waals surface area contributed by atoms with Crippen molar-refractivity contribution in [3.63, 3.8) is 0 Å². The van der Waals surface area contributed by atoms with Crippen LogP contribution in [0.4, 0.5) is 24.8 Å². The molecule has 31 heavy (non-hydrogen) atoms. The van der Waals surface area contributed by atoms with Crippen molar-refractivity contribution >= 4 is 27.6 Å². The predicted octanol–water partition coefficient (Wildman–Crippen LogP) is 3.27. The smallest absolute Gasteiger partial charge is 0.416 e. The molecule has 0 saturated heterocycles. The molecule has 3 rings (SSSR count). The topological polar surface area (TPSA) is 121 Å². The van der Waals surface area contributed by atoms with Crippen molar-refractivity contribution in [2.75, 3.05) is 11.9 Å². The zero-order valence-electron chi connectivity index (χ0n) is 15.6. The van der Waals surface area contributed by atoms with E-state index >= 15 is 0 Å². The second kappa shape index (κ2) is 8.70. The summed E-state index contributed by atoms with van der Waals surface area (Å²) < 4.78 is 64.1. The van der Waals surface area contributed by atoms with Crippen LogP contribution in [-0.2, 0) is 21.0 Å². The minimum atomic E-state index is -4.43. The summed E-state index contributed by atoms with van der Waals surface area (Å²) in [5.74, 6) is -1.16. The number of benzene rings is 2. The summed E-state index contributed by atoms with van der Waals surface area (Å²) in [7, 11) is -3.97. The molecule has 12 heteroatoms. The Kier molecular flexibility index (Phi) is 6.22. The highest BCUT2D eigenvalue weighted by Crippen LogP contribution is 2.30. The van der Waals surface area contributed by atoms with Crippen molar-refractivity contribution in [3.05, 3.63) is 66.4 Å². The van der Waals surface area contributed by atoms with Crippen LogP contribution in [0.2, 0.25) is 0 Å². The van der Waals surface area contributed by atoms with Crippen LogP contribution in [0.5, 0.6) is 0 Å². The first kappa shape index (κ1) is 22.2. The summed E-state index contributed by atoms with van der Waals surface area (Å²) in [6, 6.07) is 11.5. The van der Waals surface area contributed by atoms with Gasteiger partial charge in [-0.3, -0.25) is 4.79 Å². The molecule has 0 aliphatic heterocycles. The molecule has 0 saturated carbocycles. The number of halogens is 3. The van der Waals surface area contributed by atoms with E-state index < -0.39 is 34.3 Å². The fraction of sp³-hybridized carbons (Fsp3) is 0.105. The van der Waals surface area contributed by atoms with Crippen molar-refractivity contribution in [2.24, 2.45) is 0 Å². The van der Waals surface area contributed by atoms with Crippen molar-refractivity contribution in [1.82, 2.24) is 14.7 Å². The number of anilines is 2. The Balaban J connectivity index is 1.75. The molecule has 0 atom stereocenters. The summed E-state index contributed by atoms with van der Waals surface area (Å²) in [4.78, 5) is 18.7. The third-order valence-corrected chi connectivity index (χ3v) is 5.41. The van der Waals surface area contributed by atoms with Crippen LogP contribution in [0.1, 0.15) is 5.56 Å². The van der Waals surface area contributed by atoms with E-state index in [4.69, 9.17) is 5.11 Å². The van der Waals surface area contributed by atoms with Crippen LogP contribution >= 0.6 is 0 Å². The SMILES string of the molecule is O=C(O)CNS(=O)(=O)c1ccc(Nc2nccc(-c3ccc(C(F)(F)F)cc3)n2)cc1. The molecule has 0 unspecified atom stereocenters. The Bertz CT molecular complexity index is 1180. The zero-order chi connectivity index (χ0) is 22.6. The van der Waals surface area contributed by atoms with E-state index in [1.54, 1.807) is 0 Å². The van der Waals surface area contributed by atoms with E-state index in [2.05, 4.69) is 15.3 Å². The molecule has 162 valence electrons. The zero-order valence-corrected chi connectivity index (χ0v) is 16.4. The summed E-state index contributed by atoms with van der Waals surface area (Å²) in [6.07, 6.45) is -3.00. The molecule has 0 aliphatic rings. The van der Waals surface area contributed by atoms with Crippen LogP contribution < -0.4 is 10.0 Å². The lowest BCUT2D eigenvalue weighted by Gasteiger charge is -2.09. The van der Waals surface area contributed by atoms with Gasteiger partial charge in [0.2, 0.25) is 16.0 Å². The Morgan fingerprint density at radius 1 is 1.00 bits per heavy atom. The largest absolute Gasteiger partial charge is 0.480 e. The van der Waals surface area contributed by atoms with Crippen LogP contribution in [-0.4, -0.2) is 36.0 Å². The number of aliphatic carboxylic acids is 1. The number of nitrogens with one attached hydrogen (secondary N) is 2. The normalized spacial score (nSPS) is 11.8. The van der Waals surface area contributed by atoms with E-state index in [0.29, 0.717) is 16.9 Å². The van der Waals surface area contributed by atoms with Crippen molar-refractivity contribution in [1.29, 1.82) is 0 Å². The van der Waals surface area contributed by atoms with Gasteiger partial charge < -0.3 is 10.4 Å². The lowest BCUT2D eigenvalue weighted by molar-refractivity contribution is -0.137. The maximum atomic E-state index is 12.7. The molecule has 2 aromatic carbocycles. The van der Waals surface area contributed by atoms with Gasteiger partial charge in [0.1, 0.15) is 6.54 Å². The summed E-state index contributed by atoms with van der Waals surface area (Å²) in [6.45, 7) is -0.743. The molecule has 8 nitrogen and oxygen atoms in total. The number of carbonyl (C=O) groups is 1. The van der Waals surface area contributed by atoms with Gasteiger partial charge in [0, 0.05) is 17.4 Å².